The highest BCUT2D eigenvalue weighted by molar-refractivity contribution is 5.90. The van der Waals surface area contributed by atoms with E-state index in [9.17, 15) is 0 Å². The Labute approximate surface area is 168 Å². The molecule has 0 bridgehead atoms. The van der Waals surface area contributed by atoms with E-state index in [1.807, 2.05) is 0 Å². The second kappa shape index (κ2) is 9.52. The molecule has 0 unspecified atom stereocenters. The van der Waals surface area contributed by atoms with Gasteiger partial charge in [-0.15, -0.1) is 0 Å². The smallest absolute Gasteiger partial charge is 0.227 e. The van der Waals surface area contributed by atoms with E-state index in [1.165, 1.54) is 32.1 Å². The molecule has 152 valence electrons. The molecular weight excluding hydrogens is 350 g/mol. The quantitative estimate of drug-likeness (QED) is 0.738. The van der Waals surface area contributed by atoms with Gasteiger partial charge >= 0.3 is 0 Å². The number of rotatable bonds is 7. The molecule has 2 heterocycles. The summed E-state index contributed by atoms with van der Waals surface area (Å²) in [7, 11) is 1.74. The maximum absolute atomic E-state index is 5.16. The van der Waals surface area contributed by atoms with Gasteiger partial charge in [-0.3, -0.25) is 4.90 Å². The Bertz CT molecular complexity index is 754. The number of anilines is 2. The van der Waals surface area contributed by atoms with E-state index in [2.05, 4.69) is 39.4 Å². The Morgan fingerprint density at radius 3 is 2.61 bits per heavy atom. The first kappa shape index (κ1) is 19.4. The van der Waals surface area contributed by atoms with Gasteiger partial charge in [-0.05, 0) is 31.4 Å². The highest BCUT2D eigenvalue weighted by atomic mass is 16.5. The van der Waals surface area contributed by atoms with Crippen LogP contribution in [0.25, 0.3) is 10.9 Å². The summed E-state index contributed by atoms with van der Waals surface area (Å²) in [5, 5.41) is 4.58. The third kappa shape index (κ3) is 4.55. The first-order valence-corrected chi connectivity index (χ1v) is 10.8. The highest BCUT2D eigenvalue weighted by Gasteiger charge is 2.26. The van der Waals surface area contributed by atoms with Crippen molar-refractivity contribution in [3.8, 4) is 0 Å². The minimum absolute atomic E-state index is 0.756. The predicted molar refractivity (Wildman–Crippen MR) is 115 cm³/mol. The zero-order valence-corrected chi connectivity index (χ0v) is 17.1. The van der Waals surface area contributed by atoms with E-state index in [0.717, 1.165) is 74.5 Å². The molecule has 0 spiro atoms. The number of nitrogens with zero attached hydrogens (tertiary/aromatic N) is 4. The lowest BCUT2D eigenvalue weighted by molar-refractivity contribution is 0.147. The third-order valence-electron chi connectivity index (χ3n) is 6.10. The molecule has 1 saturated heterocycles. The fourth-order valence-corrected chi connectivity index (χ4v) is 4.50. The molecule has 1 N–H and O–H groups in total. The van der Waals surface area contributed by atoms with Crippen LogP contribution >= 0.6 is 0 Å². The molecule has 1 saturated carbocycles. The zero-order valence-electron chi connectivity index (χ0n) is 17.1. The number of hydrogen-bond acceptors (Lipinski definition) is 6. The second-order valence-electron chi connectivity index (χ2n) is 7.98. The molecule has 6 heteroatoms. The standard InChI is InChI=1S/C22H33N5O/c1-28-17-7-12-23-21-19-10-5-6-11-20(19)24-22(25-21)27-15-13-26(14-16-27)18-8-3-2-4-9-18/h5-6,10-11,18H,2-4,7-9,12-17H2,1H3,(H,23,24,25). The first-order valence-electron chi connectivity index (χ1n) is 10.8. The summed E-state index contributed by atoms with van der Waals surface area (Å²) in [6.45, 7) is 5.88. The Balaban J connectivity index is 1.46. The fourth-order valence-electron chi connectivity index (χ4n) is 4.50. The molecule has 28 heavy (non-hydrogen) atoms. The molecule has 1 aliphatic heterocycles. The highest BCUT2D eigenvalue weighted by Crippen LogP contribution is 2.26. The summed E-state index contributed by atoms with van der Waals surface area (Å²) in [5.74, 6) is 1.79. The summed E-state index contributed by atoms with van der Waals surface area (Å²) < 4.78 is 5.16. The van der Waals surface area contributed by atoms with Crippen LogP contribution in [0.2, 0.25) is 0 Å². The van der Waals surface area contributed by atoms with Crippen molar-refractivity contribution in [2.45, 2.75) is 44.6 Å². The van der Waals surface area contributed by atoms with Crippen LogP contribution < -0.4 is 10.2 Å². The van der Waals surface area contributed by atoms with Gasteiger partial charge in [0.25, 0.3) is 0 Å². The van der Waals surface area contributed by atoms with Crippen LogP contribution in [-0.2, 0) is 4.74 Å². The van der Waals surface area contributed by atoms with Crippen LogP contribution in [0, 0.1) is 0 Å². The SMILES string of the molecule is COCCCNc1nc(N2CCN(C3CCCCC3)CC2)nc2ccccc12. The molecule has 2 aliphatic rings. The predicted octanol–water partition coefficient (Wildman–Crippen LogP) is 3.53. The average molecular weight is 384 g/mol. The summed E-state index contributed by atoms with van der Waals surface area (Å²) >= 11 is 0. The number of fused-ring (bicyclic) bond motifs is 1. The molecule has 0 radical (unpaired) electrons. The van der Waals surface area contributed by atoms with Crippen molar-refractivity contribution in [2.75, 3.05) is 56.7 Å². The Hall–Kier alpha value is -1.92. The molecule has 0 atom stereocenters. The summed E-state index contributed by atoms with van der Waals surface area (Å²) in [6, 6.07) is 9.08. The third-order valence-corrected chi connectivity index (χ3v) is 6.10. The molecule has 1 aromatic carbocycles. The molecule has 2 aromatic rings. The van der Waals surface area contributed by atoms with Crippen molar-refractivity contribution in [1.29, 1.82) is 0 Å². The number of nitrogens with one attached hydrogen (secondary N) is 1. The number of piperazine rings is 1. The molecule has 1 aliphatic carbocycles. The summed E-state index contributed by atoms with van der Waals surface area (Å²) in [4.78, 5) is 14.8. The van der Waals surface area contributed by atoms with Gasteiger partial charge in [-0.25, -0.2) is 4.98 Å². The van der Waals surface area contributed by atoms with Gasteiger partial charge in [0.2, 0.25) is 5.95 Å². The first-order chi connectivity index (χ1) is 13.8. The molecule has 6 nitrogen and oxygen atoms in total. The summed E-state index contributed by atoms with van der Waals surface area (Å²) in [5.41, 5.74) is 1.01. The topological polar surface area (TPSA) is 53.5 Å². The van der Waals surface area contributed by atoms with E-state index >= 15 is 0 Å². The number of hydrogen-bond donors (Lipinski definition) is 1. The molecule has 2 fully saturated rings. The van der Waals surface area contributed by atoms with Crippen molar-refractivity contribution in [1.82, 2.24) is 14.9 Å². The van der Waals surface area contributed by atoms with Crippen molar-refractivity contribution >= 4 is 22.7 Å². The van der Waals surface area contributed by atoms with Crippen molar-refractivity contribution < 1.29 is 4.74 Å². The van der Waals surface area contributed by atoms with Crippen molar-refractivity contribution in [2.24, 2.45) is 0 Å². The van der Waals surface area contributed by atoms with Crippen LogP contribution in [-0.4, -0.2) is 67.4 Å². The van der Waals surface area contributed by atoms with Gasteiger partial charge in [0.15, 0.2) is 0 Å². The Morgan fingerprint density at radius 2 is 1.82 bits per heavy atom. The minimum atomic E-state index is 0.756. The van der Waals surface area contributed by atoms with E-state index < -0.39 is 0 Å². The van der Waals surface area contributed by atoms with E-state index in [-0.39, 0.29) is 0 Å². The van der Waals surface area contributed by atoms with Gasteiger partial charge in [0.05, 0.1) is 5.52 Å². The van der Waals surface area contributed by atoms with Gasteiger partial charge < -0.3 is 15.0 Å². The Kier molecular flexibility index (Phi) is 6.60. The summed E-state index contributed by atoms with van der Waals surface area (Å²) in [6.07, 6.45) is 7.93. The molecule has 4 rings (SSSR count). The normalized spacial score (nSPS) is 19.2. The van der Waals surface area contributed by atoms with Crippen LogP contribution in [0.15, 0.2) is 24.3 Å². The van der Waals surface area contributed by atoms with Crippen LogP contribution in [0.5, 0.6) is 0 Å². The van der Waals surface area contributed by atoms with E-state index in [0.29, 0.717) is 0 Å². The number of benzene rings is 1. The van der Waals surface area contributed by atoms with Crippen molar-refractivity contribution in [3.05, 3.63) is 24.3 Å². The number of ether oxygens (including phenoxy) is 1. The average Bonchev–Trinajstić information content (AvgIpc) is 2.77. The second-order valence-corrected chi connectivity index (χ2v) is 7.98. The molecule has 1 aromatic heterocycles. The number of methoxy groups -OCH3 is 1. The maximum Gasteiger partial charge on any atom is 0.227 e. The van der Waals surface area contributed by atoms with Gasteiger partial charge in [-0.2, -0.15) is 4.98 Å². The lowest BCUT2D eigenvalue weighted by atomic mass is 9.94. The fraction of sp³-hybridized carbons (Fsp3) is 0.636. The largest absolute Gasteiger partial charge is 0.385 e. The maximum atomic E-state index is 5.16. The van der Waals surface area contributed by atoms with Crippen LogP contribution in [0.1, 0.15) is 38.5 Å². The number of aromatic nitrogens is 2. The molecular formula is C22H33N5O. The van der Waals surface area contributed by atoms with E-state index in [4.69, 9.17) is 14.7 Å². The van der Waals surface area contributed by atoms with Crippen molar-refractivity contribution in [3.63, 3.8) is 0 Å². The lowest BCUT2D eigenvalue weighted by Crippen LogP contribution is -2.51. The van der Waals surface area contributed by atoms with E-state index in [1.54, 1.807) is 7.11 Å². The number of para-hydroxylation sites is 1. The molecule has 0 amide bonds. The van der Waals surface area contributed by atoms with Crippen LogP contribution in [0.3, 0.4) is 0 Å². The van der Waals surface area contributed by atoms with Gasteiger partial charge in [0, 0.05) is 57.9 Å². The van der Waals surface area contributed by atoms with Crippen LogP contribution in [0.4, 0.5) is 11.8 Å². The monoisotopic (exact) mass is 383 g/mol. The van der Waals surface area contributed by atoms with Gasteiger partial charge in [0.1, 0.15) is 5.82 Å². The minimum Gasteiger partial charge on any atom is -0.385 e. The van der Waals surface area contributed by atoms with Gasteiger partial charge in [-0.1, -0.05) is 31.4 Å². The zero-order chi connectivity index (χ0) is 19.2. The lowest BCUT2D eigenvalue weighted by Gasteiger charge is -2.40. The Morgan fingerprint density at radius 1 is 1.04 bits per heavy atom.